The third kappa shape index (κ3) is 4.04. The van der Waals surface area contributed by atoms with Gasteiger partial charge in [0.1, 0.15) is 13.1 Å². The van der Waals surface area contributed by atoms with Gasteiger partial charge in [0.2, 0.25) is 0 Å². The molecule has 0 amide bonds. The summed E-state index contributed by atoms with van der Waals surface area (Å²) >= 11 is 0. The molecule has 1 N–H and O–H groups in total. The number of quaternary nitrogens is 1. The van der Waals surface area contributed by atoms with E-state index in [2.05, 4.69) is 0 Å². The van der Waals surface area contributed by atoms with Gasteiger partial charge in [-0.05, 0) is 13.8 Å². The second kappa shape index (κ2) is 7.49. The first-order chi connectivity index (χ1) is 8.18. The average Bonchev–Trinajstić information content (AvgIpc) is 2.31. The third-order valence-corrected chi connectivity index (χ3v) is 5.72. The molecule has 1 rings (SSSR count). The summed E-state index contributed by atoms with van der Waals surface area (Å²) in [4.78, 5) is 1.28. The molecular formula is C11H25NO4P+. The molecule has 0 aliphatic carbocycles. The maximum absolute atomic E-state index is 12.7. The monoisotopic (exact) mass is 266 g/mol. The summed E-state index contributed by atoms with van der Waals surface area (Å²) in [5.74, 6) is -0.0636. The molecule has 1 aliphatic rings. The highest BCUT2D eigenvalue weighted by Crippen LogP contribution is 2.51. The van der Waals surface area contributed by atoms with E-state index in [9.17, 15) is 4.57 Å². The Morgan fingerprint density at radius 3 is 2.12 bits per heavy atom. The summed E-state index contributed by atoms with van der Waals surface area (Å²) in [5.41, 5.74) is 0. The van der Waals surface area contributed by atoms with E-state index < -0.39 is 7.60 Å². The fourth-order valence-electron chi connectivity index (χ4n) is 2.28. The third-order valence-electron chi connectivity index (χ3n) is 2.99. The lowest BCUT2D eigenvalue weighted by Gasteiger charge is -2.34. The van der Waals surface area contributed by atoms with Crippen molar-refractivity contribution in [3.63, 3.8) is 0 Å². The largest absolute Gasteiger partial charge is 0.387 e. The summed E-state index contributed by atoms with van der Waals surface area (Å²) in [7, 11) is -2.99. The molecule has 1 fully saturated rings. The number of hydrogen-bond acceptors (Lipinski definition) is 4. The Morgan fingerprint density at radius 2 is 1.71 bits per heavy atom. The van der Waals surface area contributed by atoms with Gasteiger partial charge >= 0.3 is 7.60 Å². The van der Waals surface area contributed by atoms with Crippen molar-refractivity contribution in [3.8, 4) is 0 Å². The zero-order chi connectivity index (χ0) is 12.7. The van der Waals surface area contributed by atoms with Crippen molar-refractivity contribution in [2.75, 3.05) is 39.5 Å². The SMILES string of the molecule is CCOP(=O)(OCC)[C@@H](CC)[NH+]1CCOCC1. The Kier molecular flexibility index (Phi) is 6.67. The molecule has 102 valence electrons. The molecule has 0 aromatic heterocycles. The van der Waals surface area contributed by atoms with Crippen LogP contribution in [-0.2, 0) is 18.3 Å². The average molecular weight is 266 g/mol. The predicted molar refractivity (Wildman–Crippen MR) is 66.5 cm³/mol. The zero-order valence-corrected chi connectivity index (χ0v) is 12.0. The molecule has 1 saturated heterocycles. The van der Waals surface area contributed by atoms with Gasteiger partial charge in [0, 0.05) is 6.42 Å². The summed E-state index contributed by atoms with van der Waals surface area (Å²) in [6, 6.07) is 0. The lowest BCUT2D eigenvalue weighted by atomic mass is 10.3. The first kappa shape index (κ1) is 15.1. The lowest BCUT2D eigenvalue weighted by Crippen LogP contribution is -3.17. The minimum absolute atomic E-state index is 0.0636. The van der Waals surface area contributed by atoms with Gasteiger partial charge in [-0.3, -0.25) is 4.57 Å². The maximum atomic E-state index is 12.7. The highest BCUT2D eigenvalue weighted by molar-refractivity contribution is 7.54. The predicted octanol–water partition coefficient (Wildman–Crippen LogP) is 0.904. The Bertz CT molecular complexity index is 246. The van der Waals surface area contributed by atoms with E-state index in [1.54, 1.807) is 0 Å². The summed E-state index contributed by atoms with van der Waals surface area (Å²) in [6.07, 6.45) is 0.798. The Morgan fingerprint density at radius 1 is 1.18 bits per heavy atom. The van der Waals surface area contributed by atoms with Crippen LogP contribution in [0.3, 0.4) is 0 Å². The fraction of sp³-hybridized carbons (Fsp3) is 1.00. The van der Waals surface area contributed by atoms with E-state index in [0.717, 1.165) is 32.7 Å². The Hall–Kier alpha value is 0.0700. The molecule has 0 unspecified atom stereocenters. The van der Waals surface area contributed by atoms with Crippen LogP contribution in [0, 0.1) is 0 Å². The second-order valence-corrected chi connectivity index (χ2v) is 6.29. The van der Waals surface area contributed by atoms with Crippen LogP contribution in [0.4, 0.5) is 0 Å². The van der Waals surface area contributed by atoms with Crippen LogP contribution >= 0.6 is 7.60 Å². The van der Waals surface area contributed by atoms with Gasteiger partial charge in [0.25, 0.3) is 0 Å². The smallest absolute Gasteiger partial charge is 0.370 e. The van der Waals surface area contributed by atoms with Crippen molar-refractivity contribution in [2.45, 2.75) is 33.0 Å². The minimum atomic E-state index is -2.99. The van der Waals surface area contributed by atoms with Gasteiger partial charge in [-0.25, -0.2) is 0 Å². The molecule has 17 heavy (non-hydrogen) atoms. The Labute approximate surface area is 104 Å². The van der Waals surface area contributed by atoms with Gasteiger partial charge in [-0.15, -0.1) is 0 Å². The molecule has 1 heterocycles. The maximum Gasteiger partial charge on any atom is 0.387 e. The van der Waals surface area contributed by atoms with Gasteiger partial charge in [-0.1, -0.05) is 6.92 Å². The molecule has 0 saturated carbocycles. The number of nitrogens with one attached hydrogen (secondary N) is 1. The standard InChI is InChI=1S/C11H24NO4P/c1-4-11(12-7-9-14-10-8-12)17(13,15-5-2)16-6-3/h11H,4-10H2,1-3H3/p+1/t11-/m0/s1. The molecule has 0 spiro atoms. The molecule has 0 bridgehead atoms. The van der Waals surface area contributed by atoms with Crippen LogP contribution < -0.4 is 4.90 Å². The first-order valence-electron chi connectivity index (χ1n) is 6.49. The first-order valence-corrected chi connectivity index (χ1v) is 8.10. The van der Waals surface area contributed by atoms with Crippen LogP contribution in [0.25, 0.3) is 0 Å². The highest BCUT2D eigenvalue weighted by atomic mass is 31.2. The Balaban J connectivity index is 2.75. The van der Waals surface area contributed by atoms with Crippen molar-refractivity contribution in [1.82, 2.24) is 0 Å². The number of hydrogen-bond donors (Lipinski definition) is 1. The highest BCUT2D eigenvalue weighted by Gasteiger charge is 2.42. The van der Waals surface area contributed by atoms with Crippen LogP contribution in [0.5, 0.6) is 0 Å². The van der Waals surface area contributed by atoms with E-state index in [-0.39, 0.29) is 5.78 Å². The van der Waals surface area contributed by atoms with Gasteiger partial charge < -0.3 is 18.7 Å². The quantitative estimate of drug-likeness (QED) is 0.696. The zero-order valence-electron chi connectivity index (χ0n) is 11.1. The normalized spacial score (nSPS) is 20.4. The van der Waals surface area contributed by atoms with Crippen molar-refractivity contribution in [3.05, 3.63) is 0 Å². The minimum Gasteiger partial charge on any atom is -0.370 e. The van der Waals surface area contributed by atoms with Gasteiger partial charge in [0.05, 0.1) is 26.4 Å². The molecule has 0 radical (unpaired) electrons. The van der Waals surface area contributed by atoms with E-state index in [0.29, 0.717) is 13.2 Å². The van der Waals surface area contributed by atoms with Crippen molar-refractivity contribution < 1.29 is 23.2 Å². The topological polar surface area (TPSA) is 49.2 Å². The molecule has 0 aromatic rings. The van der Waals surface area contributed by atoms with E-state index in [4.69, 9.17) is 13.8 Å². The molecule has 1 atom stereocenters. The molecular weight excluding hydrogens is 241 g/mol. The number of rotatable bonds is 7. The molecule has 5 nitrogen and oxygen atoms in total. The van der Waals surface area contributed by atoms with Crippen LogP contribution in [0.1, 0.15) is 27.2 Å². The summed E-state index contributed by atoms with van der Waals surface area (Å²) in [6.45, 7) is 9.81. The van der Waals surface area contributed by atoms with Crippen molar-refractivity contribution >= 4 is 7.60 Å². The fourth-order valence-corrected chi connectivity index (χ4v) is 4.59. The number of ether oxygens (including phenoxy) is 1. The lowest BCUT2D eigenvalue weighted by molar-refractivity contribution is -0.920. The van der Waals surface area contributed by atoms with Crippen LogP contribution in [0.2, 0.25) is 0 Å². The van der Waals surface area contributed by atoms with E-state index >= 15 is 0 Å². The molecule has 0 aromatic carbocycles. The van der Waals surface area contributed by atoms with Gasteiger partial charge in [0.15, 0.2) is 5.78 Å². The summed E-state index contributed by atoms with van der Waals surface area (Å²) in [5, 5.41) is 0. The summed E-state index contributed by atoms with van der Waals surface area (Å²) < 4.78 is 29.0. The van der Waals surface area contributed by atoms with Gasteiger partial charge in [-0.2, -0.15) is 0 Å². The molecule has 1 aliphatic heterocycles. The molecule has 6 heteroatoms. The van der Waals surface area contributed by atoms with E-state index in [1.165, 1.54) is 4.90 Å². The van der Waals surface area contributed by atoms with Crippen molar-refractivity contribution in [1.29, 1.82) is 0 Å². The van der Waals surface area contributed by atoms with Crippen molar-refractivity contribution in [2.24, 2.45) is 0 Å². The second-order valence-electron chi connectivity index (χ2n) is 4.07. The van der Waals surface area contributed by atoms with Crippen LogP contribution in [0.15, 0.2) is 0 Å². The van der Waals surface area contributed by atoms with E-state index in [1.807, 2.05) is 20.8 Å². The number of morpholine rings is 1. The van der Waals surface area contributed by atoms with Crippen LogP contribution in [-0.4, -0.2) is 45.3 Å².